The lowest BCUT2D eigenvalue weighted by atomic mass is 10.4. The van der Waals surface area contributed by atoms with Crippen LogP contribution >= 0.6 is 0 Å². The minimum Gasteiger partial charge on any atom is -0.247 e. The number of rotatable bonds is 5. The van der Waals surface area contributed by atoms with E-state index in [2.05, 4.69) is 24.9 Å². The zero-order valence-electron chi connectivity index (χ0n) is 15.2. The van der Waals surface area contributed by atoms with Crippen LogP contribution in [0.2, 0.25) is 0 Å². The molecular formula is C18H17N7O2S. The number of nitrogens with zero attached hydrogens (tertiary/aromatic N) is 6. The molecule has 0 amide bonds. The van der Waals surface area contributed by atoms with Crippen molar-refractivity contribution in [3.05, 3.63) is 72.3 Å². The minimum absolute atomic E-state index is 0.0716. The van der Waals surface area contributed by atoms with Crippen LogP contribution in [0.3, 0.4) is 0 Å². The molecule has 142 valence electrons. The Labute approximate surface area is 161 Å². The summed E-state index contributed by atoms with van der Waals surface area (Å²) in [6.45, 7) is 3.81. The number of hydrogen-bond acceptors (Lipinski definition) is 6. The predicted octanol–water partition coefficient (Wildman–Crippen LogP) is 2.27. The van der Waals surface area contributed by atoms with Gasteiger partial charge in [0, 0.05) is 18.5 Å². The van der Waals surface area contributed by atoms with Gasteiger partial charge in [0.05, 0.1) is 17.3 Å². The molecule has 0 fully saturated rings. The van der Waals surface area contributed by atoms with E-state index >= 15 is 0 Å². The molecule has 28 heavy (non-hydrogen) atoms. The van der Waals surface area contributed by atoms with Gasteiger partial charge in [-0.2, -0.15) is 20.2 Å². The number of hydrogen-bond donors (Lipinski definition) is 1. The molecule has 3 aromatic heterocycles. The van der Waals surface area contributed by atoms with Gasteiger partial charge < -0.3 is 0 Å². The average molecular weight is 395 g/mol. The summed E-state index contributed by atoms with van der Waals surface area (Å²) in [5, 5.41) is 8.48. The average Bonchev–Trinajstić information content (AvgIpc) is 3.30. The number of anilines is 1. The van der Waals surface area contributed by atoms with Gasteiger partial charge in [-0.3, -0.25) is 0 Å². The van der Waals surface area contributed by atoms with Gasteiger partial charge in [-0.1, -0.05) is 18.2 Å². The van der Waals surface area contributed by atoms with Crippen LogP contribution in [-0.4, -0.2) is 37.9 Å². The minimum atomic E-state index is -3.84. The van der Waals surface area contributed by atoms with Crippen molar-refractivity contribution in [2.75, 3.05) is 4.72 Å². The lowest BCUT2D eigenvalue weighted by molar-refractivity contribution is 0.600. The molecule has 0 aliphatic carbocycles. The third kappa shape index (κ3) is 3.62. The van der Waals surface area contributed by atoms with Crippen LogP contribution in [0.15, 0.2) is 66.1 Å². The summed E-state index contributed by atoms with van der Waals surface area (Å²) in [6.07, 6.45) is 6.95. The molecule has 0 aliphatic rings. The fourth-order valence-corrected chi connectivity index (χ4v) is 3.52. The summed E-state index contributed by atoms with van der Waals surface area (Å²) in [5.74, 6) is 0.756. The number of sulfonamides is 1. The van der Waals surface area contributed by atoms with Crippen molar-refractivity contribution in [3.63, 3.8) is 0 Å². The number of aryl methyl sites for hydroxylation is 2. The Balaban J connectivity index is 1.80. The largest absolute Gasteiger partial charge is 0.264 e. The van der Waals surface area contributed by atoms with E-state index < -0.39 is 10.0 Å². The van der Waals surface area contributed by atoms with Crippen molar-refractivity contribution in [2.45, 2.75) is 18.7 Å². The first-order valence-electron chi connectivity index (χ1n) is 8.41. The van der Waals surface area contributed by atoms with Crippen molar-refractivity contribution < 1.29 is 8.42 Å². The van der Waals surface area contributed by atoms with Gasteiger partial charge in [-0.25, -0.2) is 22.5 Å². The Morgan fingerprint density at radius 3 is 1.86 bits per heavy atom. The number of benzene rings is 1. The molecule has 0 saturated carbocycles. The molecule has 4 rings (SSSR count). The normalized spacial score (nSPS) is 11.5. The van der Waals surface area contributed by atoms with Crippen LogP contribution < -0.4 is 4.72 Å². The first-order valence-corrected chi connectivity index (χ1v) is 9.89. The van der Waals surface area contributed by atoms with E-state index in [1.54, 1.807) is 58.4 Å². The van der Waals surface area contributed by atoms with Gasteiger partial charge in [0.2, 0.25) is 5.95 Å². The second-order valence-electron chi connectivity index (χ2n) is 6.25. The van der Waals surface area contributed by atoms with E-state index in [0.717, 1.165) is 11.1 Å². The topological polar surface area (TPSA) is 108 Å². The first kappa shape index (κ1) is 17.9. The zero-order chi connectivity index (χ0) is 19.7. The van der Waals surface area contributed by atoms with E-state index in [-0.39, 0.29) is 10.8 Å². The predicted molar refractivity (Wildman–Crippen MR) is 103 cm³/mol. The molecule has 1 N–H and O–H groups in total. The maximum Gasteiger partial charge on any atom is 0.264 e. The molecule has 0 unspecified atom stereocenters. The molecule has 0 bridgehead atoms. The molecule has 1 aromatic carbocycles. The quantitative estimate of drug-likeness (QED) is 0.555. The molecule has 0 saturated heterocycles. The van der Waals surface area contributed by atoms with Crippen molar-refractivity contribution >= 4 is 16.0 Å². The Hall–Kier alpha value is -3.53. The van der Waals surface area contributed by atoms with Crippen molar-refractivity contribution in [1.29, 1.82) is 0 Å². The highest BCUT2D eigenvalue weighted by atomic mass is 32.2. The second kappa shape index (κ2) is 6.89. The lowest BCUT2D eigenvalue weighted by Crippen LogP contribution is -2.17. The van der Waals surface area contributed by atoms with Crippen molar-refractivity contribution in [1.82, 2.24) is 29.5 Å². The summed E-state index contributed by atoms with van der Waals surface area (Å²) in [4.78, 5) is 8.76. The van der Waals surface area contributed by atoms with Gasteiger partial charge in [-0.05, 0) is 37.1 Å². The van der Waals surface area contributed by atoms with Gasteiger partial charge in [0.25, 0.3) is 10.0 Å². The molecule has 0 aliphatic heterocycles. The van der Waals surface area contributed by atoms with Crippen LogP contribution in [-0.2, 0) is 10.0 Å². The SMILES string of the molecule is Cc1cnn(-c2cc(-n3cc(C)cn3)nc(NS(=O)(=O)c3ccccc3)n2)c1. The Kier molecular flexibility index (Phi) is 4.40. The molecule has 0 atom stereocenters. The maximum atomic E-state index is 12.7. The fourth-order valence-electron chi connectivity index (χ4n) is 2.56. The maximum absolute atomic E-state index is 12.7. The van der Waals surface area contributed by atoms with Crippen LogP contribution in [0.1, 0.15) is 11.1 Å². The molecular weight excluding hydrogens is 378 g/mol. The number of aromatic nitrogens is 6. The molecule has 4 aromatic rings. The molecule has 3 heterocycles. The molecule has 10 heteroatoms. The summed E-state index contributed by atoms with van der Waals surface area (Å²) in [6, 6.07) is 9.72. The van der Waals surface area contributed by atoms with Gasteiger partial charge in [-0.15, -0.1) is 0 Å². The Morgan fingerprint density at radius 1 is 0.857 bits per heavy atom. The smallest absolute Gasteiger partial charge is 0.247 e. The van der Waals surface area contributed by atoms with Crippen molar-refractivity contribution in [2.24, 2.45) is 0 Å². The van der Waals surface area contributed by atoms with Gasteiger partial charge in [0.15, 0.2) is 11.6 Å². The molecule has 0 radical (unpaired) electrons. The van der Waals surface area contributed by atoms with Crippen LogP contribution in [0.4, 0.5) is 5.95 Å². The third-order valence-corrected chi connectivity index (χ3v) is 5.22. The second-order valence-corrected chi connectivity index (χ2v) is 7.93. The Morgan fingerprint density at radius 2 is 1.39 bits per heavy atom. The summed E-state index contributed by atoms with van der Waals surface area (Å²) in [5.41, 5.74) is 1.89. The summed E-state index contributed by atoms with van der Waals surface area (Å²) >= 11 is 0. The lowest BCUT2D eigenvalue weighted by Gasteiger charge is -2.10. The highest BCUT2D eigenvalue weighted by Gasteiger charge is 2.17. The standard InChI is InChI=1S/C18H17N7O2S/c1-13-9-19-24(11-13)16-8-17(25-12-14(2)10-20-25)22-18(21-16)23-28(26,27)15-6-4-3-5-7-15/h3-12H,1-2H3,(H,21,22,23). The monoisotopic (exact) mass is 395 g/mol. The number of nitrogens with one attached hydrogen (secondary N) is 1. The molecule has 9 nitrogen and oxygen atoms in total. The van der Waals surface area contributed by atoms with Crippen LogP contribution in [0.25, 0.3) is 11.6 Å². The van der Waals surface area contributed by atoms with Crippen LogP contribution in [0.5, 0.6) is 0 Å². The summed E-state index contributed by atoms with van der Waals surface area (Å²) < 4.78 is 30.9. The third-order valence-electron chi connectivity index (χ3n) is 3.87. The van der Waals surface area contributed by atoms with Crippen LogP contribution in [0, 0.1) is 13.8 Å². The molecule has 0 spiro atoms. The van der Waals surface area contributed by atoms with E-state index in [1.165, 1.54) is 12.1 Å². The van der Waals surface area contributed by atoms with Gasteiger partial charge >= 0.3 is 0 Å². The first-order chi connectivity index (χ1) is 13.4. The van der Waals surface area contributed by atoms with E-state index in [0.29, 0.717) is 11.6 Å². The van der Waals surface area contributed by atoms with Gasteiger partial charge in [0.1, 0.15) is 0 Å². The Bertz CT molecular complexity index is 1170. The summed E-state index contributed by atoms with van der Waals surface area (Å²) in [7, 11) is -3.84. The van der Waals surface area contributed by atoms with E-state index in [9.17, 15) is 8.42 Å². The van der Waals surface area contributed by atoms with E-state index in [1.807, 2.05) is 13.8 Å². The van der Waals surface area contributed by atoms with Crippen molar-refractivity contribution in [3.8, 4) is 11.6 Å². The highest BCUT2D eigenvalue weighted by molar-refractivity contribution is 7.92. The zero-order valence-corrected chi connectivity index (χ0v) is 16.0. The highest BCUT2D eigenvalue weighted by Crippen LogP contribution is 2.17. The van der Waals surface area contributed by atoms with E-state index in [4.69, 9.17) is 0 Å². The fraction of sp³-hybridized carbons (Fsp3) is 0.111.